The summed E-state index contributed by atoms with van der Waals surface area (Å²) >= 11 is 0. The molecule has 0 saturated carbocycles. The third-order valence-electron chi connectivity index (χ3n) is 5.46. The molecule has 0 spiro atoms. The highest BCUT2D eigenvalue weighted by Gasteiger charge is 2.16. The first kappa shape index (κ1) is 23.8. The zero-order valence-corrected chi connectivity index (χ0v) is 20.7. The molecule has 3 aromatic heterocycles. The van der Waals surface area contributed by atoms with Crippen molar-refractivity contribution in [3.8, 4) is 40.1 Å². The molecule has 8 heteroatoms. The van der Waals surface area contributed by atoms with Crippen molar-refractivity contribution in [1.82, 2.24) is 15.0 Å². The first-order valence-corrected chi connectivity index (χ1v) is 11.0. The van der Waals surface area contributed by atoms with E-state index in [1.54, 1.807) is 33.6 Å². The van der Waals surface area contributed by atoms with Crippen LogP contribution in [0.25, 0.3) is 11.4 Å². The minimum absolute atomic E-state index is 0.519. The molecule has 0 atom stereocenters. The van der Waals surface area contributed by atoms with Gasteiger partial charge >= 0.3 is 0 Å². The van der Waals surface area contributed by atoms with E-state index in [9.17, 15) is 0 Å². The summed E-state index contributed by atoms with van der Waals surface area (Å²) in [5, 5.41) is 3.27. The van der Waals surface area contributed by atoms with Crippen molar-refractivity contribution in [1.29, 1.82) is 0 Å². The highest BCUT2D eigenvalue weighted by Crippen LogP contribution is 2.41. The van der Waals surface area contributed by atoms with Crippen molar-refractivity contribution in [2.45, 2.75) is 20.8 Å². The maximum absolute atomic E-state index is 6.29. The number of rotatable bonds is 8. The zero-order valence-electron chi connectivity index (χ0n) is 20.7. The Morgan fingerprint density at radius 1 is 0.771 bits per heavy atom. The summed E-state index contributed by atoms with van der Waals surface area (Å²) in [5.41, 5.74) is 5.04. The third kappa shape index (κ3) is 5.27. The summed E-state index contributed by atoms with van der Waals surface area (Å²) in [6.45, 7) is 5.94. The number of aryl methyl sites for hydroxylation is 3. The molecule has 4 aromatic rings. The normalized spacial score (nSPS) is 10.6. The number of pyridine rings is 3. The van der Waals surface area contributed by atoms with Crippen molar-refractivity contribution in [3.05, 3.63) is 71.7 Å². The monoisotopic (exact) mass is 472 g/mol. The van der Waals surface area contributed by atoms with E-state index in [1.165, 1.54) is 0 Å². The van der Waals surface area contributed by atoms with Crippen molar-refractivity contribution < 1.29 is 18.9 Å². The molecule has 0 aliphatic heterocycles. The van der Waals surface area contributed by atoms with E-state index in [2.05, 4.69) is 15.3 Å². The molecule has 0 aliphatic rings. The van der Waals surface area contributed by atoms with Crippen LogP contribution >= 0.6 is 0 Å². The smallest absolute Gasteiger partial charge is 0.203 e. The molecule has 0 unspecified atom stereocenters. The van der Waals surface area contributed by atoms with Crippen LogP contribution in [0.5, 0.6) is 28.7 Å². The fraction of sp³-hybridized carbons (Fsp3) is 0.222. The van der Waals surface area contributed by atoms with Crippen molar-refractivity contribution >= 4 is 11.5 Å². The van der Waals surface area contributed by atoms with Gasteiger partial charge in [0.25, 0.3) is 0 Å². The Hall–Kier alpha value is -4.33. The lowest BCUT2D eigenvalue weighted by Crippen LogP contribution is -2.00. The van der Waals surface area contributed by atoms with Gasteiger partial charge in [0.2, 0.25) is 5.75 Å². The summed E-state index contributed by atoms with van der Waals surface area (Å²) in [6.07, 6.45) is 1.68. The van der Waals surface area contributed by atoms with Gasteiger partial charge in [0.05, 0.1) is 27.0 Å². The maximum atomic E-state index is 6.29. The molecule has 1 N–H and O–H groups in total. The van der Waals surface area contributed by atoms with Crippen LogP contribution in [-0.2, 0) is 0 Å². The molecule has 0 amide bonds. The SMILES string of the molecule is COc1cc(Nc2cc(Oc3cc(C)c(C)nc3-c3cccc(C)n3)ccn2)cc(OC)c1OC. The highest BCUT2D eigenvalue weighted by atomic mass is 16.5. The fourth-order valence-corrected chi connectivity index (χ4v) is 3.59. The summed E-state index contributed by atoms with van der Waals surface area (Å²) in [7, 11) is 4.72. The number of anilines is 2. The summed E-state index contributed by atoms with van der Waals surface area (Å²) in [5.74, 6) is 3.41. The first-order chi connectivity index (χ1) is 16.9. The number of hydrogen-bond donors (Lipinski definition) is 1. The number of aromatic nitrogens is 3. The van der Waals surface area contributed by atoms with Gasteiger partial charge in [-0.3, -0.25) is 4.98 Å². The van der Waals surface area contributed by atoms with E-state index >= 15 is 0 Å². The Kier molecular flexibility index (Phi) is 7.01. The van der Waals surface area contributed by atoms with Crippen LogP contribution in [0.4, 0.5) is 11.5 Å². The number of hydrogen-bond acceptors (Lipinski definition) is 8. The van der Waals surface area contributed by atoms with Crippen LogP contribution in [0.1, 0.15) is 17.0 Å². The molecule has 3 heterocycles. The molecule has 35 heavy (non-hydrogen) atoms. The van der Waals surface area contributed by atoms with Crippen LogP contribution in [0, 0.1) is 20.8 Å². The lowest BCUT2D eigenvalue weighted by atomic mass is 10.1. The largest absolute Gasteiger partial charge is 0.493 e. The van der Waals surface area contributed by atoms with E-state index in [0.717, 1.165) is 28.3 Å². The van der Waals surface area contributed by atoms with Crippen LogP contribution in [-0.4, -0.2) is 36.3 Å². The predicted octanol–water partition coefficient (Wildman–Crippen LogP) is 6.03. The fourth-order valence-electron chi connectivity index (χ4n) is 3.59. The number of methoxy groups -OCH3 is 3. The molecule has 0 fully saturated rings. The molecule has 8 nitrogen and oxygen atoms in total. The molecular weight excluding hydrogens is 444 g/mol. The van der Waals surface area contributed by atoms with Gasteiger partial charge < -0.3 is 24.3 Å². The first-order valence-electron chi connectivity index (χ1n) is 11.0. The second kappa shape index (κ2) is 10.3. The van der Waals surface area contributed by atoms with Crippen LogP contribution in [0.15, 0.2) is 54.7 Å². The van der Waals surface area contributed by atoms with E-state index in [4.69, 9.17) is 23.9 Å². The van der Waals surface area contributed by atoms with Crippen LogP contribution < -0.4 is 24.3 Å². The van der Waals surface area contributed by atoms with E-state index in [0.29, 0.717) is 40.3 Å². The summed E-state index contributed by atoms with van der Waals surface area (Å²) < 4.78 is 22.6. The Bertz CT molecular complexity index is 1330. The minimum atomic E-state index is 0.519. The summed E-state index contributed by atoms with van der Waals surface area (Å²) in [6, 6.07) is 15.1. The molecule has 0 bridgehead atoms. The van der Waals surface area contributed by atoms with Crippen molar-refractivity contribution in [3.63, 3.8) is 0 Å². The second-order valence-corrected chi connectivity index (χ2v) is 7.92. The van der Waals surface area contributed by atoms with Crippen molar-refractivity contribution in [2.24, 2.45) is 0 Å². The zero-order chi connectivity index (χ0) is 24.9. The Morgan fingerprint density at radius 2 is 1.51 bits per heavy atom. The second-order valence-electron chi connectivity index (χ2n) is 7.92. The van der Waals surface area contributed by atoms with E-state index in [1.807, 2.05) is 63.2 Å². The molecule has 4 rings (SSSR count). The van der Waals surface area contributed by atoms with Crippen LogP contribution in [0.3, 0.4) is 0 Å². The van der Waals surface area contributed by atoms with Gasteiger partial charge in [-0.25, -0.2) is 9.97 Å². The molecule has 0 aliphatic carbocycles. The number of ether oxygens (including phenoxy) is 4. The standard InChI is InChI=1S/C27H28N4O4/c1-16-12-22(26(30-18(16)3)21-9-7-8-17(2)29-21)35-20-10-11-28-25(15-20)31-19-13-23(32-4)27(34-6)24(14-19)33-5/h7-15H,1-6H3,(H,28,31). The van der Waals surface area contributed by atoms with Gasteiger partial charge in [-0.05, 0) is 50.6 Å². The topological polar surface area (TPSA) is 87.6 Å². The molecule has 1 aromatic carbocycles. The molecule has 0 radical (unpaired) electrons. The van der Waals surface area contributed by atoms with Gasteiger partial charge in [-0.1, -0.05) is 6.07 Å². The highest BCUT2D eigenvalue weighted by molar-refractivity contribution is 5.68. The van der Waals surface area contributed by atoms with E-state index < -0.39 is 0 Å². The lowest BCUT2D eigenvalue weighted by molar-refractivity contribution is 0.324. The van der Waals surface area contributed by atoms with Gasteiger partial charge in [0.1, 0.15) is 17.3 Å². The maximum Gasteiger partial charge on any atom is 0.203 e. The van der Waals surface area contributed by atoms with Gasteiger partial charge in [0.15, 0.2) is 17.2 Å². The molecule has 0 saturated heterocycles. The number of nitrogens with one attached hydrogen (secondary N) is 1. The van der Waals surface area contributed by atoms with Gasteiger partial charge in [-0.2, -0.15) is 0 Å². The lowest BCUT2D eigenvalue weighted by Gasteiger charge is -2.16. The van der Waals surface area contributed by atoms with Gasteiger partial charge in [-0.15, -0.1) is 0 Å². The van der Waals surface area contributed by atoms with Crippen LogP contribution in [0.2, 0.25) is 0 Å². The third-order valence-corrected chi connectivity index (χ3v) is 5.46. The Morgan fingerprint density at radius 3 is 2.17 bits per heavy atom. The molecular formula is C27H28N4O4. The Balaban J connectivity index is 1.66. The quantitative estimate of drug-likeness (QED) is 0.333. The van der Waals surface area contributed by atoms with E-state index in [-0.39, 0.29) is 0 Å². The minimum Gasteiger partial charge on any atom is -0.493 e. The number of benzene rings is 1. The average Bonchev–Trinajstić information content (AvgIpc) is 2.85. The Labute approximate surface area is 204 Å². The van der Waals surface area contributed by atoms with Gasteiger partial charge in [0, 0.05) is 41.5 Å². The van der Waals surface area contributed by atoms with Crippen molar-refractivity contribution in [2.75, 3.05) is 26.6 Å². The summed E-state index contributed by atoms with van der Waals surface area (Å²) in [4.78, 5) is 13.8. The molecule has 180 valence electrons. The predicted molar refractivity (Wildman–Crippen MR) is 135 cm³/mol. The number of nitrogens with zero attached hydrogens (tertiary/aromatic N) is 3. The average molecular weight is 473 g/mol.